The lowest BCUT2D eigenvalue weighted by molar-refractivity contribution is 0.580. The Kier molecular flexibility index (Phi) is 4.31. The highest BCUT2D eigenvalue weighted by Gasteiger charge is 2.09. The summed E-state index contributed by atoms with van der Waals surface area (Å²) in [5.74, 6) is -1.02. The molecular formula is C15H9ClF2N4S. The first kappa shape index (κ1) is 15.5. The van der Waals surface area contributed by atoms with Gasteiger partial charge in [0, 0.05) is 10.6 Å². The molecule has 1 heterocycles. The molecule has 0 saturated heterocycles. The minimum atomic E-state index is -0.711. The minimum Gasteiger partial charge on any atom is -0.250 e. The first-order chi connectivity index (χ1) is 11.1. The summed E-state index contributed by atoms with van der Waals surface area (Å²) >= 11 is 10.9. The van der Waals surface area contributed by atoms with Crippen LogP contribution in [0.2, 0.25) is 5.02 Å². The number of hydrogen-bond donors (Lipinski definition) is 1. The Morgan fingerprint density at radius 1 is 1.13 bits per heavy atom. The Bertz CT molecular complexity index is 911. The Hall–Kier alpha value is -2.38. The summed E-state index contributed by atoms with van der Waals surface area (Å²) in [5.41, 5.74) is 0.450. The van der Waals surface area contributed by atoms with E-state index in [2.05, 4.69) is 15.3 Å². The molecular weight excluding hydrogens is 342 g/mol. The van der Waals surface area contributed by atoms with Crippen molar-refractivity contribution < 1.29 is 8.78 Å². The van der Waals surface area contributed by atoms with Gasteiger partial charge in [-0.1, -0.05) is 17.7 Å². The lowest BCUT2D eigenvalue weighted by Crippen LogP contribution is -1.98. The third kappa shape index (κ3) is 3.20. The summed E-state index contributed by atoms with van der Waals surface area (Å²) < 4.78 is 28.8. The maximum Gasteiger partial charge on any atom is 0.216 e. The number of nitrogens with zero attached hydrogens (tertiary/aromatic N) is 3. The normalized spacial score (nSPS) is 11.3. The smallest absolute Gasteiger partial charge is 0.216 e. The second-order valence-electron chi connectivity index (χ2n) is 4.55. The van der Waals surface area contributed by atoms with Gasteiger partial charge in [-0.15, -0.1) is 0 Å². The molecule has 8 heteroatoms. The van der Waals surface area contributed by atoms with Crippen LogP contribution >= 0.6 is 23.8 Å². The van der Waals surface area contributed by atoms with Crippen LogP contribution in [-0.4, -0.2) is 21.1 Å². The molecule has 3 rings (SSSR count). The maximum absolute atomic E-state index is 13.6. The van der Waals surface area contributed by atoms with Gasteiger partial charge in [-0.3, -0.25) is 0 Å². The molecule has 116 valence electrons. The molecule has 0 bridgehead atoms. The quantitative estimate of drug-likeness (QED) is 0.561. The van der Waals surface area contributed by atoms with Crippen molar-refractivity contribution in [1.82, 2.24) is 14.9 Å². The van der Waals surface area contributed by atoms with Gasteiger partial charge in [0.2, 0.25) is 4.77 Å². The van der Waals surface area contributed by atoms with Crippen molar-refractivity contribution in [2.45, 2.75) is 0 Å². The van der Waals surface area contributed by atoms with Crippen LogP contribution in [0.5, 0.6) is 0 Å². The molecule has 0 atom stereocenters. The van der Waals surface area contributed by atoms with E-state index in [4.69, 9.17) is 23.8 Å². The van der Waals surface area contributed by atoms with E-state index in [9.17, 15) is 8.78 Å². The standard InChI is InChI=1S/C15H9ClF2N4S/c16-10-6-4-9(5-7-10)14-20-21-15(23)22(14)19-8-11-12(17)2-1-3-13(11)18/h1-8H,(H,21,23). The van der Waals surface area contributed by atoms with Crippen molar-refractivity contribution in [3.63, 3.8) is 0 Å². The summed E-state index contributed by atoms with van der Waals surface area (Å²) in [6.07, 6.45) is 1.06. The van der Waals surface area contributed by atoms with Gasteiger partial charge in [0.05, 0.1) is 11.8 Å². The van der Waals surface area contributed by atoms with E-state index in [0.29, 0.717) is 16.4 Å². The molecule has 0 spiro atoms. The van der Waals surface area contributed by atoms with Crippen molar-refractivity contribution in [2.75, 3.05) is 0 Å². The molecule has 0 aliphatic rings. The molecule has 1 aromatic heterocycles. The first-order valence-electron chi connectivity index (χ1n) is 6.48. The van der Waals surface area contributed by atoms with E-state index in [0.717, 1.165) is 18.3 Å². The van der Waals surface area contributed by atoms with Crippen LogP contribution in [0.4, 0.5) is 8.78 Å². The number of H-pyrrole nitrogens is 1. The molecule has 0 aliphatic heterocycles. The lowest BCUT2D eigenvalue weighted by atomic mass is 10.2. The van der Waals surface area contributed by atoms with E-state index in [-0.39, 0.29) is 10.3 Å². The first-order valence-corrected chi connectivity index (χ1v) is 7.26. The molecule has 0 saturated carbocycles. The van der Waals surface area contributed by atoms with Crippen molar-refractivity contribution in [3.05, 3.63) is 69.5 Å². The van der Waals surface area contributed by atoms with E-state index >= 15 is 0 Å². The summed E-state index contributed by atoms with van der Waals surface area (Å²) in [4.78, 5) is 0. The number of nitrogens with one attached hydrogen (secondary N) is 1. The number of aromatic amines is 1. The largest absolute Gasteiger partial charge is 0.250 e. The lowest BCUT2D eigenvalue weighted by Gasteiger charge is -2.02. The predicted octanol–water partition coefficient (Wildman–Crippen LogP) is 4.42. The Labute approximate surface area is 140 Å². The predicted molar refractivity (Wildman–Crippen MR) is 87.2 cm³/mol. The molecule has 4 nitrogen and oxygen atoms in total. The zero-order valence-corrected chi connectivity index (χ0v) is 13.1. The highest BCUT2D eigenvalue weighted by atomic mass is 35.5. The summed E-state index contributed by atoms with van der Waals surface area (Å²) in [5, 5.41) is 11.3. The molecule has 2 aromatic carbocycles. The zero-order chi connectivity index (χ0) is 16.4. The van der Waals surface area contributed by atoms with Gasteiger partial charge in [-0.05, 0) is 48.6 Å². The Morgan fingerprint density at radius 2 is 1.78 bits per heavy atom. The molecule has 0 aliphatic carbocycles. The molecule has 0 unspecified atom stereocenters. The van der Waals surface area contributed by atoms with Gasteiger partial charge in [0.25, 0.3) is 0 Å². The van der Waals surface area contributed by atoms with E-state index < -0.39 is 11.6 Å². The fraction of sp³-hybridized carbons (Fsp3) is 0. The van der Waals surface area contributed by atoms with Gasteiger partial charge in [-0.25, -0.2) is 13.9 Å². The third-order valence-corrected chi connectivity index (χ3v) is 3.57. The fourth-order valence-electron chi connectivity index (χ4n) is 1.93. The van der Waals surface area contributed by atoms with Crippen LogP contribution in [0.25, 0.3) is 11.4 Å². The van der Waals surface area contributed by atoms with Crippen molar-refractivity contribution in [2.24, 2.45) is 5.10 Å². The van der Waals surface area contributed by atoms with Crippen molar-refractivity contribution in [1.29, 1.82) is 0 Å². The van der Waals surface area contributed by atoms with E-state index in [1.807, 2.05) is 0 Å². The van der Waals surface area contributed by atoms with Gasteiger partial charge in [0.15, 0.2) is 5.82 Å². The number of hydrogen-bond acceptors (Lipinski definition) is 3. The SMILES string of the molecule is Fc1cccc(F)c1C=Nn1c(-c2ccc(Cl)cc2)n[nH]c1=S. The zero-order valence-electron chi connectivity index (χ0n) is 11.5. The average molecular weight is 351 g/mol. The Balaban J connectivity index is 2.04. The highest BCUT2D eigenvalue weighted by Crippen LogP contribution is 2.20. The molecule has 23 heavy (non-hydrogen) atoms. The van der Waals surface area contributed by atoms with Crippen molar-refractivity contribution in [3.8, 4) is 11.4 Å². The summed E-state index contributed by atoms with van der Waals surface area (Å²) in [7, 11) is 0. The van der Waals surface area contributed by atoms with Crippen molar-refractivity contribution >= 4 is 30.0 Å². The van der Waals surface area contributed by atoms with Crippen LogP contribution in [0.15, 0.2) is 47.6 Å². The summed E-state index contributed by atoms with van der Waals surface area (Å²) in [6.45, 7) is 0. The minimum absolute atomic E-state index is 0.197. The van der Waals surface area contributed by atoms with Crippen LogP contribution in [0, 0.1) is 16.4 Å². The summed E-state index contributed by atoms with van der Waals surface area (Å²) in [6, 6.07) is 10.5. The fourth-order valence-corrected chi connectivity index (χ4v) is 2.24. The van der Waals surface area contributed by atoms with Gasteiger partial charge < -0.3 is 0 Å². The molecule has 1 N–H and O–H groups in total. The Morgan fingerprint density at radius 3 is 2.43 bits per heavy atom. The van der Waals surface area contributed by atoms with Crippen LogP contribution in [0.3, 0.4) is 0 Å². The third-order valence-electron chi connectivity index (χ3n) is 3.05. The number of rotatable bonds is 3. The van der Waals surface area contributed by atoms with Gasteiger partial charge in [-0.2, -0.15) is 14.9 Å². The number of benzene rings is 2. The molecule has 0 amide bonds. The maximum atomic E-state index is 13.6. The van der Waals surface area contributed by atoms with E-state index in [1.54, 1.807) is 24.3 Å². The monoisotopic (exact) mass is 350 g/mol. The highest BCUT2D eigenvalue weighted by molar-refractivity contribution is 7.71. The second-order valence-corrected chi connectivity index (χ2v) is 5.37. The van der Waals surface area contributed by atoms with Gasteiger partial charge >= 0.3 is 0 Å². The topological polar surface area (TPSA) is 46.0 Å². The van der Waals surface area contributed by atoms with Crippen LogP contribution < -0.4 is 0 Å². The average Bonchev–Trinajstić information content (AvgIpc) is 2.89. The number of halogens is 3. The number of aromatic nitrogens is 3. The van der Waals surface area contributed by atoms with E-state index in [1.165, 1.54) is 10.7 Å². The van der Waals surface area contributed by atoms with Crippen LogP contribution in [-0.2, 0) is 0 Å². The molecule has 0 radical (unpaired) electrons. The second kappa shape index (κ2) is 6.39. The van der Waals surface area contributed by atoms with Gasteiger partial charge in [0.1, 0.15) is 11.6 Å². The molecule has 3 aromatic rings. The molecule has 0 fully saturated rings. The van der Waals surface area contributed by atoms with Crippen LogP contribution in [0.1, 0.15) is 5.56 Å².